The van der Waals surface area contributed by atoms with Crippen LogP contribution in [0.3, 0.4) is 0 Å². The molecule has 0 spiro atoms. The first-order valence-electron chi connectivity index (χ1n) is 8.60. The van der Waals surface area contributed by atoms with Crippen molar-refractivity contribution in [2.75, 3.05) is 11.1 Å². The van der Waals surface area contributed by atoms with Gasteiger partial charge in [0.25, 0.3) is 0 Å². The molecule has 0 aliphatic carbocycles. The smallest absolute Gasteiger partial charge is 0.336 e. The Morgan fingerprint density at radius 2 is 1.67 bits per heavy atom. The number of carboxylic acid groups (broad SMARTS) is 1. The molecule has 2 N–H and O–H groups in total. The predicted octanol–water partition coefficient (Wildman–Crippen LogP) is 3.37. The highest BCUT2D eigenvalue weighted by Gasteiger charge is 2.13. The molecule has 0 saturated heterocycles. The SMILES string of the molecule is CCS(=O)(=O)c1ccc(CCC(=O)Nc2cc(C(=O)O)c(C)cc2C)cc1. The lowest BCUT2D eigenvalue weighted by Crippen LogP contribution is -2.14. The number of carbonyl (C=O) groups excluding carboxylic acids is 1. The van der Waals surface area contributed by atoms with Gasteiger partial charge in [-0.05, 0) is 55.2 Å². The van der Waals surface area contributed by atoms with Crippen LogP contribution in [0.4, 0.5) is 5.69 Å². The third-order valence-electron chi connectivity index (χ3n) is 4.38. The molecule has 0 bridgehead atoms. The summed E-state index contributed by atoms with van der Waals surface area (Å²) < 4.78 is 23.6. The molecule has 0 radical (unpaired) electrons. The molecule has 0 aliphatic rings. The summed E-state index contributed by atoms with van der Waals surface area (Å²) in [5, 5.41) is 12.0. The molecule has 144 valence electrons. The van der Waals surface area contributed by atoms with E-state index in [0.29, 0.717) is 17.7 Å². The molecule has 7 heteroatoms. The highest BCUT2D eigenvalue weighted by atomic mass is 32.2. The van der Waals surface area contributed by atoms with Crippen molar-refractivity contribution in [2.45, 2.75) is 38.5 Å². The van der Waals surface area contributed by atoms with Gasteiger partial charge in [0.05, 0.1) is 16.2 Å². The summed E-state index contributed by atoms with van der Waals surface area (Å²) >= 11 is 0. The maximum Gasteiger partial charge on any atom is 0.336 e. The second kappa shape index (κ2) is 8.35. The number of carboxylic acids is 1. The first-order chi connectivity index (χ1) is 12.6. The van der Waals surface area contributed by atoms with Crippen molar-refractivity contribution in [2.24, 2.45) is 0 Å². The molecular formula is C20H23NO5S. The van der Waals surface area contributed by atoms with Crippen molar-refractivity contribution >= 4 is 27.4 Å². The fraction of sp³-hybridized carbons (Fsp3) is 0.300. The van der Waals surface area contributed by atoms with Crippen molar-refractivity contribution < 1.29 is 23.1 Å². The van der Waals surface area contributed by atoms with Crippen LogP contribution in [-0.4, -0.2) is 31.2 Å². The fourth-order valence-electron chi connectivity index (χ4n) is 2.72. The predicted molar refractivity (Wildman–Crippen MR) is 104 cm³/mol. The van der Waals surface area contributed by atoms with E-state index in [1.165, 1.54) is 6.07 Å². The van der Waals surface area contributed by atoms with Crippen molar-refractivity contribution in [3.8, 4) is 0 Å². The molecule has 1 amide bonds. The normalized spacial score (nSPS) is 11.2. The molecule has 0 fully saturated rings. The van der Waals surface area contributed by atoms with Crippen LogP contribution in [0.25, 0.3) is 0 Å². The summed E-state index contributed by atoms with van der Waals surface area (Å²) in [6.07, 6.45) is 0.657. The summed E-state index contributed by atoms with van der Waals surface area (Å²) in [5.41, 5.74) is 2.92. The van der Waals surface area contributed by atoms with E-state index in [1.54, 1.807) is 51.1 Å². The zero-order chi connectivity index (χ0) is 20.2. The number of hydrogen-bond acceptors (Lipinski definition) is 4. The zero-order valence-corrected chi connectivity index (χ0v) is 16.4. The quantitative estimate of drug-likeness (QED) is 0.756. The minimum atomic E-state index is -3.23. The number of benzene rings is 2. The molecule has 0 atom stereocenters. The van der Waals surface area contributed by atoms with Gasteiger partial charge in [0, 0.05) is 12.1 Å². The number of amides is 1. The van der Waals surface area contributed by atoms with E-state index < -0.39 is 15.8 Å². The lowest BCUT2D eigenvalue weighted by atomic mass is 10.0. The number of rotatable bonds is 7. The van der Waals surface area contributed by atoms with E-state index in [0.717, 1.165) is 11.1 Å². The first-order valence-corrected chi connectivity index (χ1v) is 10.3. The number of hydrogen-bond donors (Lipinski definition) is 2. The molecule has 0 saturated carbocycles. The molecule has 0 heterocycles. The molecule has 6 nitrogen and oxygen atoms in total. The average Bonchev–Trinajstić information content (AvgIpc) is 2.62. The maximum absolute atomic E-state index is 12.2. The minimum Gasteiger partial charge on any atom is -0.478 e. The first kappa shape index (κ1) is 20.6. The third kappa shape index (κ3) is 5.17. The van der Waals surface area contributed by atoms with E-state index >= 15 is 0 Å². The van der Waals surface area contributed by atoms with Gasteiger partial charge in [-0.1, -0.05) is 25.1 Å². The Bertz CT molecular complexity index is 963. The maximum atomic E-state index is 12.2. The van der Waals surface area contributed by atoms with Crippen LogP contribution in [-0.2, 0) is 21.1 Å². The van der Waals surface area contributed by atoms with Crippen molar-refractivity contribution in [3.05, 3.63) is 58.7 Å². The van der Waals surface area contributed by atoms with Gasteiger partial charge < -0.3 is 10.4 Å². The molecular weight excluding hydrogens is 366 g/mol. The Morgan fingerprint density at radius 1 is 1.04 bits per heavy atom. The topological polar surface area (TPSA) is 101 Å². The van der Waals surface area contributed by atoms with Gasteiger partial charge in [-0.2, -0.15) is 0 Å². The minimum absolute atomic E-state index is 0.0446. The van der Waals surface area contributed by atoms with Crippen molar-refractivity contribution in [1.29, 1.82) is 0 Å². The Labute approximate surface area is 159 Å². The van der Waals surface area contributed by atoms with Crippen LogP contribution >= 0.6 is 0 Å². The van der Waals surface area contributed by atoms with E-state index in [-0.39, 0.29) is 28.5 Å². The molecule has 0 unspecified atom stereocenters. The average molecular weight is 389 g/mol. The number of aromatic carboxylic acids is 1. The van der Waals surface area contributed by atoms with Crippen LogP contribution in [0.2, 0.25) is 0 Å². The van der Waals surface area contributed by atoms with Gasteiger partial charge in [-0.25, -0.2) is 13.2 Å². The number of carbonyl (C=O) groups is 2. The van der Waals surface area contributed by atoms with E-state index in [9.17, 15) is 23.1 Å². The molecule has 0 aromatic heterocycles. The summed E-state index contributed by atoms with van der Waals surface area (Å²) in [4.78, 5) is 23.7. The van der Waals surface area contributed by atoms with E-state index in [2.05, 4.69) is 5.32 Å². The summed E-state index contributed by atoms with van der Waals surface area (Å²) in [7, 11) is -3.23. The Morgan fingerprint density at radius 3 is 2.22 bits per heavy atom. The zero-order valence-electron chi connectivity index (χ0n) is 15.6. The summed E-state index contributed by atoms with van der Waals surface area (Å²) in [6.45, 7) is 5.11. The fourth-order valence-corrected chi connectivity index (χ4v) is 3.60. The van der Waals surface area contributed by atoms with Gasteiger partial charge in [0.1, 0.15) is 0 Å². The van der Waals surface area contributed by atoms with Gasteiger partial charge in [0.15, 0.2) is 9.84 Å². The molecule has 0 aliphatic heterocycles. The second-order valence-corrected chi connectivity index (χ2v) is 8.66. The van der Waals surface area contributed by atoms with Gasteiger partial charge in [-0.15, -0.1) is 0 Å². The lowest BCUT2D eigenvalue weighted by molar-refractivity contribution is -0.116. The third-order valence-corrected chi connectivity index (χ3v) is 6.13. The van der Waals surface area contributed by atoms with Crippen LogP contribution in [0.15, 0.2) is 41.3 Å². The van der Waals surface area contributed by atoms with E-state index in [4.69, 9.17) is 0 Å². The molecule has 2 aromatic rings. The van der Waals surface area contributed by atoms with Crippen molar-refractivity contribution in [1.82, 2.24) is 0 Å². The molecule has 27 heavy (non-hydrogen) atoms. The number of aryl methyl sites for hydroxylation is 3. The number of anilines is 1. The second-order valence-electron chi connectivity index (χ2n) is 6.38. The Kier molecular flexibility index (Phi) is 6.38. The van der Waals surface area contributed by atoms with Crippen LogP contribution in [0, 0.1) is 13.8 Å². The van der Waals surface area contributed by atoms with Crippen LogP contribution in [0.1, 0.15) is 40.4 Å². The largest absolute Gasteiger partial charge is 0.478 e. The highest BCUT2D eigenvalue weighted by Crippen LogP contribution is 2.21. The molecule has 2 aromatic carbocycles. The van der Waals surface area contributed by atoms with Crippen LogP contribution in [0.5, 0.6) is 0 Å². The number of sulfone groups is 1. The Hall–Kier alpha value is -2.67. The number of nitrogens with one attached hydrogen (secondary N) is 1. The standard InChI is InChI=1S/C20H23NO5S/c1-4-27(25,26)16-8-5-15(6-9-16)7-10-19(22)21-18-12-17(20(23)24)13(2)11-14(18)3/h5-6,8-9,11-12H,4,7,10H2,1-3H3,(H,21,22)(H,23,24). The van der Waals surface area contributed by atoms with Gasteiger partial charge in [-0.3, -0.25) is 4.79 Å². The Balaban J connectivity index is 2.03. The monoisotopic (exact) mass is 389 g/mol. The van der Waals surface area contributed by atoms with Gasteiger partial charge in [0.2, 0.25) is 5.91 Å². The van der Waals surface area contributed by atoms with E-state index in [1.807, 2.05) is 0 Å². The van der Waals surface area contributed by atoms with Gasteiger partial charge >= 0.3 is 5.97 Å². The van der Waals surface area contributed by atoms with Crippen LogP contribution < -0.4 is 5.32 Å². The summed E-state index contributed by atoms with van der Waals surface area (Å²) in [5.74, 6) is -1.23. The van der Waals surface area contributed by atoms with Crippen molar-refractivity contribution in [3.63, 3.8) is 0 Å². The highest BCUT2D eigenvalue weighted by molar-refractivity contribution is 7.91. The summed E-state index contributed by atoms with van der Waals surface area (Å²) in [6, 6.07) is 9.71. The lowest BCUT2D eigenvalue weighted by Gasteiger charge is -2.11. The molecule has 2 rings (SSSR count).